The number of nitro groups is 1. The highest BCUT2D eigenvalue weighted by Gasteiger charge is 2.15. The molecule has 0 fully saturated rings. The van der Waals surface area contributed by atoms with E-state index in [2.05, 4.69) is 21.6 Å². The maximum absolute atomic E-state index is 10.7. The second-order valence-corrected chi connectivity index (χ2v) is 2.90. The molecule has 1 heterocycles. The highest BCUT2D eigenvalue weighted by molar-refractivity contribution is 6.33. The fraction of sp³-hybridized carbons (Fsp3) is 0.111. The SMILES string of the molecule is COC(=O)C#Cc1cncc([N+](=O)[O-])c1Cl. The molecule has 7 heteroatoms. The predicted octanol–water partition coefficient (Wildman–Crippen LogP) is 1.17. The van der Waals surface area contributed by atoms with Gasteiger partial charge in [-0.3, -0.25) is 15.1 Å². The summed E-state index contributed by atoms with van der Waals surface area (Å²) < 4.78 is 4.28. The zero-order chi connectivity index (χ0) is 12.1. The average molecular weight is 241 g/mol. The Morgan fingerprint density at radius 3 is 2.88 bits per heavy atom. The summed E-state index contributed by atoms with van der Waals surface area (Å²) in [5.74, 6) is 3.67. The molecule has 6 nitrogen and oxygen atoms in total. The van der Waals surface area contributed by atoms with Gasteiger partial charge in [-0.2, -0.15) is 0 Å². The van der Waals surface area contributed by atoms with E-state index in [9.17, 15) is 14.9 Å². The zero-order valence-electron chi connectivity index (χ0n) is 8.06. The third kappa shape index (κ3) is 2.68. The molecule has 0 spiro atoms. The van der Waals surface area contributed by atoms with Crippen LogP contribution < -0.4 is 0 Å². The molecule has 1 aromatic rings. The highest BCUT2D eigenvalue weighted by atomic mass is 35.5. The summed E-state index contributed by atoms with van der Waals surface area (Å²) in [5.41, 5.74) is -0.264. The number of halogens is 1. The van der Waals surface area contributed by atoms with Crippen molar-refractivity contribution >= 4 is 23.3 Å². The number of pyridine rings is 1. The minimum atomic E-state index is -0.762. The lowest BCUT2D eigenvalue weighted by Crippen LogP contribution is -1.96. The van der Waals surface area contributed by atoms with Crippen LogP contribution in [0.2, 0.25) is 5.02 Å². The minimum absolute atomic E-state index is 0.0984. The van der Waals surface area contributed by atoms with Crippen LogP contribution in [0.25, 0.3) is 0 Å². The van der Waals surface area contributed by atoms with Crippen LogP contribution in [0.5, 0.6) is 0 Å². The fourth-order valence-electron chi connectivity index (χ4n) is 0.818. The third-order valence-corrected chi connectivity index (χ3v) is 1.94. The number of carbonyl (C=O) groups excluding carboxylic acids is 1. The number of hydrogen-bond acceptors (Lipinski definition) is 5. The van der Waals surface area contributed by atoms with Gasteiger partial charge in [-0.1, -0.05) is 17.5 Å². The van der Waals surface area contributed by atoms with Gasteiger partial charge in [-0.15, -0.1) is 0 Å². The molecule has 0 atom stereocenters. The van der Waals surface area contributed by atoms with Crippen molar-refractivity contribution in [3.63, 3.8) is 0 Å². The second-order valence-electron chi connectivity index (χ2n) is 2.52. The van der Waals surface area contributed by atoms with Gasteiger partial charge in [0.2, 0.25) is 0 Å². The van der Waals surface area contributed by atoms with Crippen LogP contribution in [0.15, 0.2) is 12.4 Å². The highest BCUT2D eigenvalue weighted by Crippen LogP contribution is 2.25. The van der Waals surface area contributed by atoms with Crippen molar-refractivity contribution in [1.82, 2.24) is 4.98 Å². The zero-order valence-corrected chi connectivity index (χ0v) is 8.82. The number of rotatable bonds is 1. The molecule has 0 aromatic carbocycles. The van der Waals surface area contributed by atoms with Crippen molar-refractivity contribution < 1.29 is 14.5 Å². The standard InChI is InChI=1S/C9H5ClN2O4/c1-16-8(13)3-2-6-4-11-5-7(9(6)10)12(14)15/h4-5H,1H3. The van der Waals surface area contributed by atoms with Crippen molar-refractivity contribution in [1.29, 1.82) is 0 Å². The van der Waals surface area contributed by atoms with Gasteiger partial charge in [0.25, 0.3) is 0 Å². The van der Waals surface area contributed by atoms with Crippen LogP contribution in [-0.4, -0.2) is 23.0 Å². The summed E-state index contributed by atoms with van der Waals surface area (Å²) >= 11 is 5.69. The first-order valence-corrected chi connectivity index (χ1v) is 4.32. The molecule has 0 unspecified atom stereocenters. The number of ether oxygens (including phenoxy) is 1. The number of aromatic nitrogens is 1. The molecule has 0 aliphatic rings. The Kier molecular flexibility index (Phi) is 3.80. The Bertz CT molecular complexity index is 504. The van der Waals surface area contributed by atoms with Gasteiger partial charge >= 0.3 is 11.7 Å². The molecular weight excluding hydrogens is 236 g/mol. The van der Waals surface area contributed by atoms with Crippen LogP contribution in [0.3, 0.4) is 0 Å². The first kappa shape index (κ1) is 11.9. The molecule has 0 radical (unpaired) electrons. The van der Waals surface area contributed by atoms with E-state index in [-0.39, 0.29) is 16.3 Å². The maximum Gasteiger partial charge on any atom is 0.384 e. The van der Waals surface area contributed by atoms with E-state index in [1.807, 2.05) is 0 Å². The molecule has 1 rings (SSSR count). The lowest BCUT2D eigenvalue weighted by atomic mass is 10.2. The molecule has 0 saturated carbocycles. The number of nitrogens with zero attached hydrogens (tertiary/aromatic N) is 2. The van der Waals surface area contributed by atoms with Gasteiger partial charge in [0.05, 0.1) is 17.6 Å². The first-order valence-electron chi connectivity index (χ1n) is 3.94. The summed E-state index contributed by atoms with van der Waals surface area (Å²) in [6.07, 6.45) is 2.23. The lowest BCUT2D eigenvalue weighted by molar-refractivity contribution is -0.385. The fourth-order valence-corrected chi connectivity index (χ4v) is 1.03. The summed E-state index contributed by atoms with van der Waals surface area (Å²) in [6.45, 7) is 0. The maximum atomic E-state index is 10.7. The van der Waals surface area contributed by atoms with Gasteiger partial charge in [0.1, 0.15) is 11.2 Å². The van der Waals surface area contributed by atoms with Gasteiger partial charge in [0, 0.05) is 12.1 Å². The van der Waals surface area contributed by atoms with E-state index in [0.717, 1.165) is 6.20 Å². The summed E-state index contributed by atoms with van der Waals surface area (Å²) in [7, 11) is 1.17. The molecule has 0 aliphatic heterocycles. The van der Waals surface area contributed by atoms with E-state index in [1.54, 1.807) is 0 Å². The van der Waals surface area contributed by atoms with Crippen molar-refractivity contribution in [2.45, 2.75) is 0 Å². The number of methoxy groups -OCH3 is 1. The van der Waals surface area contributed by atoms with Gasteiger partial charge in [-0.25, -0.2) is 4.79 Å². The molecule has 0 N–H and O–H groups in total. The largest absolute Gasteiger partial charge is 0.459 e. The molecule has 0 bridgehead atoms. The average Bonchev–Trinajstić information content (AvgIpc) is 2.26. The van der Waals surface area contributed by atoms with E-state index >= 15 is 0 Å². The second kappa shape index (κ2) is 5.09. The van der Waals surface area contributed by atoms with Crippen molar-refractivity contribution in [2.24, 2.45) is 0 Å². The van der Waals surface area contributed by atoms with Crippen molar-refractivity contribution in [3.05, 3.63) is 33.1 Å². The van der Waals surface area contributed by atoms with E-state index < -0.39 is 10.9 Å². The number of hydrogen-bond donors (Lipinski definition) is 0. The number of carbonyl (C=O) groups is 1. The van der Waals surface area contributed by atoms with Gasteiger partial charge in [-0.05, 0) is 0 Å². The Hall–Kier alpha value is -2.13. The molecule has 82 valence electrons. The topological polar surface area (TPSA) is 82.3 Å². The monoisotopic (exact) mass is 240 g/mol. The van der Waals surface area contributed by atoms with Crippen molar-refractivity contribution in [3.8, 4) is 11.8 Å². The lowest BCUT2D eigenvalue weighted by Gasteiger charge is -1.95. The summed E-state index contributed by atoms with van der Waals surface area (Å²) in [5, 5.41) is 10.4. The summed E-state index contributed by atoms with van der Waals surface area (Å²) in [6, 6.07) is 0. The quantitative estimate of drug-likeness (QED) is 0.318. The molecule has 1 aromatic heterocycles. The number of esters is 1. The normalized spacial score (nSPS) is 8.88. The van der Waals surface area contributed by atoms with E-state index in [4.69, 9.17) is 11.6 Å². The van der Waals surface area contributed by atoms with E-state index in [1.165, 1.54) is 13.3 Å². The smallest absolute Gasteiger partial charge is 0.384 e. The molecule has 0 aliphatic carbocycles. The van der Waals surface area contributed by atoms with Crippen LogP contribution in [0.4, 0.5) is 5.69 Å². The molecule has 0 saturated heterocycles. The molecule has 0 amide bonds. The van der Waals surface area contributed by atoms with Gasteiger partial charge < -0.3 is 4.74 Å². The van der Waals surface area contributed by atoms with Crippen LogP contribution in [0, 0.1) is 22.0 Å². The Balaban J connectivity index is 3.15. The Morgan fingerprint density at radius 2 is 2.31 bits per heavy atom. The molecule has 16 heavy (non-hydrogen) atoms. The van der Waals surface area contributed by atoms with Crippen molar-refractivity contribution in [2.75, 3.05) is 7.11 Å². The summed E-state index contributed by atoms with van der Waals surface area (Å²) in [4.78, 5) is 24.1. The third-order valence-electron chi connectivity index (χ3n) is 1.54. The van der Waals surface area contributed by atoms with Crippen LogP contribution >= 0.6 is 11.6 Å². The predicted molar refractivity (Wildman–Crippen MR) is 54.8 cm³/mol. The minimum Gasteiger partial charge on any atom is -0.459 e. The molecular formula is C9H5ClN2O4. The van der Waals surface area contributed by atoms with E-state index in [0.29, 0.717) is 0 Å². The Labute approximate surface area is 95.3 Å². The van der Waals surface area contributed by atoms with Crippen LogP contribution in [0.1, 0.15) is 5.56 Å². The van der Waals surface area contributed by atoms with Gasteiger partial charge in [0.15, 0.2) is 0 Å². The Morgan fingerprint density at radius 1 is 1.62 bits per heavy atom. The first-order chi connectivity index (χ1) is 7.56. The van der Waals surface area contributed by atoms with Crippen LogP contribution in [-0.2, 0) is 9.53 Å².